The maximum atomic E-state index is 11.4. The fourth-order valence-corrected chi connectivity index (χ4v) is 1.39. The van der Waals surface area contributed by atoms with Gasteiger partial charge in [0.1, 0.15) is 0 Å². The van der Waals surface area contributed by atoms with Crippen LogP contribution in [0.25, 0.3) is 0 Å². The summed E-state index contributed by atoms with van der Waals surface area (Å²) in [5.74, 6) is -2.85. The fourth-order valence-electron chi connectivity index (χ4n) is 1.39. The van der Waals surface area contributed by atoms with E-state index in [1.807, 2.05) is 0 Å². The zero-order valence-electron chi connectivity index (χ0n) is 12.2. The number of methoxy groups -OCH3 is 2. The van der Waals surface area contributed by atoms with Crippen LogP contribution < -0.4 is 5.73 Å². The van der Waals surface area contributed by atoms with Crippen molar-refractivity contribution in [3.8, 4) is 0 Å². The summed E-state index contributed by atoms with van der Waals surface area (Å²) in [6.07, 6.45) is 0.696. The van der Waals surface area contributed by atoms with Crippen molar-refractivity contribution in [1.29, 1.82) is 0 Å². The molecule has 0 unspecified atom stereocenters. The molecule has 0 aliphatic heterocycles. The van der Waals surface area contributed by atoms with E-state index in [9.17, 15) is 19.7 Å². The van der Waals surface area contributed by atoms with Crippen LogP contribution in [0.2, 0.25) is 0 Å². The van der Waals surface area contributed by atoms with Crippen LogP contribution >= 0.6 is 0 Å². The second kappa shape index (κ2) is 8.12. The number of para-hydroxylation sites is 1. The Bertz CT molecular complexity index is 682. The highest BCUT2D eigenvalue weighted by Gasteiger charge is 2.18. The molecule has 1 aromatic carbocycles. The summed E-state index contributed by atoms with van der Waals surface area (Å²) < 4.78 is 8.74. The molecular weight excluding hydrogens is 310 g/mol. The summed E-state index contributed by atoms with van der Waals surface area (Å²) in [5.41, 5.74) is 5.30. The van der Waals surface area contributed by atoms with Gasteiger partial charge < -0.3 is 20.0 Å². The minimum Gasteiger partial charge on any atom is -0.466 e. The molecule has 0 heterocycles. The van der Waals surface area contributed by atoms with Crippen molar-refractivity contribution in [3.05, 3.63) is 51.8 Å². The van der Waals surface area contributed by atoms with Crippen molar-refractivity contribution in [3.63, 3.8) is 0 Å². The predicted octanol–water partition coefficient (Wildman–Crippen LogP) is 0.462. The highest BCUT2D eigenvalue weighted by molar-refractivity contribution is 6.01. The van der Waals surface area contributed by atoms with Gasteiger partial charge in [-0.1, -0.05) is 17.3 Å². The Morgan fingerprint density at radius 3 is 2.48 bits per heavy atom. The number of esters is 2. The molecule has 0 saturated carbocycles. The van der Waals surface area contributed by atoms with E-state index in [0.29, 0.717) is 6.08 Å². The number of nitrogens with two attached hydrogens (primary N) is 1. The van der Waals surface area contributed by atoms with Crippen molar-refractivity contribution in [2.45, 2.75) is 0 Å². The van der Waals surface area contributed by atoms with Gasteiger partial charge in [0.05, 0.1) is 30.8 Å². The largest absolute Gasteiger partial charge is 0.466 e. The van der Waals surface area contributed by atoms with Crippen molar-refractivity contribution in [2.24, 2.45) is 10.9 Å². The number of ether oxygens (including phenoxy) is 2. The molecule has 0 radical (unpaired) electrons. The number of benzene rings is 1. The number of carbonyl (C=O) groups is 2. The van der Waals surface area contributed by atoms with Crippen LogP contribution in [0.15, 0.2) is 41.3 Å². The molecule has 1 rings (SSSR count). The van der Waals surface area contributed by atoms with E-state index < -0.39 is 22.6 Å². The number of rotatable bonds is 6. The van der Waals surface area contributed by atoms with E-state index in [1.54, 1.807) is 0 Å². The molecule has 0 aliphatic carbocycles. The number of carbonyl (C=O) groups excluding carboxylic acids is 2. The van der Waals surface area contributed by atoms with E-state index in [1.165, 1.54) is 24.3 Å². The van der Waals surface area contributed by atoms with Crippen LogP contribution in [0, 0.1) is 10.1 Å². The van der Waals surface area contributed by atoms with Gasteiger partial charge in [0, 0.05) is 6.07 Å². The number of hydrogen-bond donors (Lipinski definition) is 1. The zero-order valence-corrected chi connectivity index (χ0v) is 12.2. The number of amidine groups is 1. The van der Waals surface area contributed by atoms with E-state index in [4.69, 9.17) is 10.6 Å². The van der Waals surface area contributed by atoms with E-state index in [-0.39, 0.29) is 17.1 Å². The lowest BCUT2D eigenvalue weighted by Crippen LogP contribution is -2.17. The van der Waals surface area contributed by atoms with Gasteiger partial charge in [-0.05, 0) is 6.07 Å². The molecule has 1 aromatic rings. The Morgan fingerprint density at radius 1 is 1.26 bits per heavy atom. The summed E-state index contributed by atoms with van der Waals surface area (Å²) in [5, 5.41) is 14.3. The molecule has 10 heteroatoms. The molecule has 10 nitrogen and oxygen atoms in total. The molecule has 0 aliphatic rings. The van der Waals surface area contributed by atoms with Crippen LogP contribution in [-0.2, 0) is 23.9 Å². The lowest BCUT2D eigenvalue weighted by molar-refractivity contribution is -0.385. The second-order valence-corrected chi connectivity index (χ2v) is 3.87. The summed E-state index contributed by atoms with van der Waals surface area (Å²) in [7, 11) is 2.16. The Morgan fingerprint density at radius 2 is 1.91 bits per heavy atom. The number of nitro groups is 1. The van der Waals surface area contributed by atoms with Crippen LogP contribution in [-0.4, -0.2) is 36.9 Å². The number of nitrogens with zero attached hydrogens (tertiary/aromatic N) is 2. The standard InChI is InChI=1S/C13H13N3O7/c1-21-11(17)7-10(13(18)22-2)23-15-12(14)8-5-3-4-6-9(8)16(19)20/h3-7H,1-2H3,(H2,14,15). The first kappa shape index (κ1) is 17.6. The summed E-state index contributed by atoms with van der Waals surface area (Å²) in [4.78, 5) is 37.6. The molecule has 0 bridgehead atoms. The minimum atomic E-state index is -1.01. The smallest absolute Gasteiger partial charge is 0.377 e. The highest BCUT2D eigenvalue weighted by atomic mass is 16.7. The molecule has 0 saturated heterocycles. The van der Waals surface area contributed by atoms with Crippen LogP contribution in [0.5, 0.6) is 0 Å². The Kier molecular flexibility index (Phi) is 6.22. The molecular formula is C13H13N3O7. The summed E-state index contributed by atoms with van der Waals surface area (Å²) in [6, 6.07) is 5.54. The molecule has 23 heavy (non-hydrogen) atoms. The Hall–Kier alpha value is -3.43. The van der Waals surface area contributed by atoms with Gasteiger partial charge in [-0.15, -0.1) is 0 Å². The lowest BCUT2D eigenvalue weighted by Gasteiger charge is -2.04. The molecule has 122 valence electrons. The van der Waals surface area contributed by atoms with Gasteiger partial charge in [0.15, 0.2) is 5.84 Å². The SMILES string of the molecule is COC(=O)C=C(ON=C(N)c1ccccc1[N+](=O)[O-])C(=O)OC. The third-order valence-electron chi connectivity index (χ3n) is 2.46. The van der Waals surface area contributed by atoms with Gasteiger partial charge in [-0.3, -0.25) is 10.1 Å². The van der Waals surface area contributed by atoms with Gasteiger partial charge in [0.25, 0.3) is 5.69 Å². The summed E-state index contributed by atoms with van der Waals surface area (Å²) >= 11 is 0. The minimum absolute atomic E-state index is 0.0141. The Labute approximate surface area is 130 Å². The first-order chi connectivity index (χ1) is 10.9. The zero-order chi connectivity index (χ0) is 17.4. The van der Waals surface area contributed by atoms with Gasteiger partial charge >= 0.3 is 11.9 Å². The highest BCUT2D eigenvalue weighted by Crippen LogP contribution is 2.17. The number of nitro benzene ring substituents is 1. The third kappa shape index (κ3) is 4.81. The molecule has 0 atom stereocenters. The van der Waals surface area contributed by atoms with Gasteiger partial charge in [-0.2, -0.15) is 0 Å². The third-order valence-corrected chi connectivity index (χ3v) is 2.46. The molecule has 0 spiro atoms. The monoisotopic (exact) mass is 323 g/mol. The van der Waals surface area contributed by atoms with Crippen molar-refractivity contribution >= 4 is 23.5 Å². The van der Waals surface area contributed by atoms with Crippen molar-refractivity contribution < 1.29 is 28.8 Å². The van der Waals surface area contributed by atoms with Crippen LogP contribution in [0.1, 0.15) is 5.56 Å². The van der Waals surface area contributed by atoms with E-state index in [2.05, 4.69) is 14.6 Å². The first-order valence-corrected chi connectivity index (χ1v) is 6.03. The topological polar surface area (TPSA) is 143 Å². The second-order valence-electron chi connectivity index (χ2n) is 3.87. The van der Waals surface area contributed by atoms with Crippen molar-refractivity contribution in [2.75, 3.05) is 14.2 Å². The quantitative estimate of drug-likeness (QED) is 0.151. The number of oxime groups is 1. The predicted molar refractivity (Wildman–Crippen MR) is 77.0 cm³/mol. The Balaban J connectivity index is 3.10. The summed E-state index contributed by atoms with van der Waals surface area (Å²) in [6.45, 7) is 0. The average Bonchev–Trinajstić information content (AvgIpc) is 2.57. The molecule has 0 fully saturated rings. The van der Waals surface area contributed by atoms with Crippen LogP contribution in [0.4, 0.5) is 5.69 Å². The number of hydrogen-bond acceptors (Lipinski definition) is 8. The van der Waals surface area contributed by atoms with Crippen molar-refractivity contribution in [1.82, 2.24) is 0 Å². The van der Waals surface area contributed by atoms with Gasteiger partial charge in [-0.25, -0.2) is 9.59 Å². The normalized spacial score (nSPS) is 11.6. The lowest BCUT2D eigenvalue weighted by atomic mass is 10.1. The molecule has 0 aromatic heterocycles. The maximum absolute atomic E-state index is 11.4. The maximum Gasteiger partial charge on any atom is 0.377 e. The van der Waals surface area contributed by atoms with Gasteiger partial charge in [0.2, 0.25) is 5.76 Å². The fraction of sp³-hybridized carbons (Fsp3) is 0.154. The van der Waals surface area contributed by atoms with Crippen LogP contribution in [0.3, 0.4) is 0 Å². The first-order valence-electron chi connectivity index (χ1n) is 6.03. The average molecular weight is 323 g/mol. The molecule has 2 N–H and O–H groups in total. The van der Waals surface area contributed by atoms with E-state index >= 15 is 0 Å². The molecule has 0 amide bonds. The van der Waals surface area contributed by atoms with E-state index in [0.717, 1.165) is 14.2 Å².